The number of hydrogen-bond donors (Lipinski definition) is 3. The smallest absolute Gasteiger partial charge is 0.335 e. The molecule has 1 saturated heterocycles. The van der Waals surface area contributed by atoms with E-state index in [1.807, 2.05) is 0 Å². The van der Waals surface area contributed by atoms with E-state index in [1.165, 1.54) is 48.5 Å². The van der Waals surface area contributed by atoms with Crippen LogP contribution >= 0.6 is 11.6 Å². The molecule has 0 aromatic heterocycles. The lowest BCUT2D eigenvalue weighted by Gasteiger charge is -2.26. The van der Waals surface area contributed by atoms with Gasteiger partial charge in [-0.15, -0.1) is 0 Å². The van der Waals surface area contributed by atoms with Crippen LogP contribution in [0.2, 0.25) is 5.02 Å². The highest BCUT2D eigenvalue weighted by Gasteiger charge is 2.36. The van der Waals surface area contributed by atoms with E-state index in [2.05, 4.69) is 5.32 Å². The topological polar surface area (TPSA) is 133 Å². The molecule has 176 valence electrons. The molecule has 0 saturated carbocycles. The Bertz CT molecular complexity index is 1370. The monoisotopic (exact) mass is 492 g/mol. The number of carboxylic acids is 1. The van der Waals surface area contributed by atoms with Gasteiger partial charge in [0.15, 0.2) is 0 Å². The molecule has 4 amide bonds. The summed E-state index contributed by atoms with van der Waals surface area (Å²) in [6.45, 7) is 0.144. The zero-order valence-corrected chi connectivity index (χ0v) is 18.7. The van der Waals surface area contributed by atoms with Crippen molar-refractivity contribution in [2.24, 2.45) is 0 Å². The number of nitrogens with zero attached hydrogens (tertiary/aromatic N) is 1. The van der Waals surface area contributed by atoms with Crippen LogP contribution in [-0.4, -0.2) is 34.0 Å². The van der Waals surface area contributed by atoms with Crippen molar-refractivity contribution in [3.63, 3.8) is 0 Å². The third-order valence-corrected chi connectivity index (χ3v) is 5.37. The van der Waals surface area contributed by atoms with Gasteiger partial charge in [0.05, 0.1) is 16.3 Å². The summed E-state index contributed by atoms with van der Waals surface area (Å²) in [6.07, 6.45) is 1.30. The summed E-state index contributed by atoms with van der Waals surface area (Å²) < 4.78 is 5.69. The number of phenolic OH excluding ortho intramolecular Hbond substituents is 1. The molecule has 0 unspecified atom stereocenters. The van der Waals surface area contributed by atoms with Crippen molar-refractivity contribution in [3.8, 4) is 11.5 Å². The third kappa shape index (κ3) is 5.15. The number of ether oxygens (including phenoxy) is 1. The molecule has 3 N–H and O–H groups in total. The van der Waals surface area contributed by atoms with Gasteiger partial charge in [0.2, 0.25) is 0 Å². The van der Waals surface area contributed by atoms with Gasteiger partial charge in [-0.3, -0.25) is 14.9 Å². The Labute approximate surface area is 203 Å². The Morgan fingerprint density at radius 3 is 2.31 bits per heavy atom. The number of hydrogen-bond acceptors (Lipinski definition) is 6. The van der Waals surface area contributed by atoms with Crippen molar-refractivity contribution < 1.29 is 34.1 Å². The van der Waals surface area contributed by atoms with Gasteiger partial charge in [0.25, 0.3) is 11.8 Å². The maximum atomic E-state index is 12.9. The zero-order valence-electron chi connectivity index (χ0n) is 17.9. The van der Waals surface area contributed by atoms with Crippen LogP contribution in [0.5, 0.6) is 11.5 Å². The van der Waals surface area contributed by atoms with Crippen LogP contribution in [0.25, 0.3) is 6.08 Å². The van der Waals surface area contributed by atoms with E-state index >= 15 is 0 Å². The Hall–Kier alpha value is -4.63. The normalized spacial score (nSPS) is 14.7. The summed E-state index contributed by atoms with van der Waals surface area (Å²) in [5.41, 5.74) is 1.23. The van der Waals surface area contributed by atoms with Crippen LogP contribution in [0.4, 0.5) is 10.5 Å². The molecule has 0 bridgehead atoms. The third-order valence-electron chi connectivity index (χ3n) is 5.07. The van der Waals surface area contributed by atoms with Gasteiger partial charge in [-0.05, 0) is 65.7 Å². The minimum atomic E-state index is -1.02. The van der Waals surface area contributed by atoms with Crippen molar-refractivity contribution in [3.05, 3.63) is 94.0 Å². The number of imide groups is 2. The van der Waals surface area contributed by atoms with Crippen molar-refractivity contribution in [2.45, 2.75) is 6.61 Å². The van der Waals surface area contributed by atoms with Crippen molar-refractivity contribution in [1.82, 2.24) is 5.32 Å². The fourth-order valence-electron chi connectivity index (χ4n) is 3.29. The number of aromatic hydroxyl groups is 1. The van der Waals surface area contributed by atoms with E-state index in [0.717, 1.165) is 10.5 Å². The van der Waals surface area contributed by atoms with E-state index in [1.54, 1.807) is 24.3 Å². The lowest BCUT2D eigenvalue weighted by Crippen LogP contribution is -2.54. The van der Waals surface area contributed by atoms with E-state index in [0.29, 0.717) is 11.3 Å². The van der Waals surface area contributed by atoms with Crippen molar-refractivity contribution >= 4 is 47.2 Å². The number of anilines is 1. The van der Waals surface area contributed by atoms with Crippen LogP contribution in [0.3, 0.4) is 0 Å². The highest BCUT2D eigenvalue weighted by Crippen LogP contribution is 2.29. The van der Waals surface area contributed by atoms with Gasteiger partial charge >= 0.3 is 12.0 Å². The summed E-state index contributed by atoms with van der Waals surface area (Å²) >= 11 is 6.31. The Morgan fingerprint density at radius 2 is 1.69 bits per heavy atom. The summed E-state index contributed by atoms with van der Waals surface area (Å²) in [4.78, 5) is 49.3. The lowest BCUT2D eigenvalue weighted by atomic mass is 10.1. The number of amides is 4. The average Bonchev–Trinajstić information content (AvgIpc) is 2.82. The molecule has 3 aromatic rings. The van der Waals surface area contributed by atoms with Crippen molar-refractivity contribution in [2.75, 3.05) is 4.90 Å². The number of benzene rings is 3. The highest BCUT2D eigenvalue weighted by atomic mass is 35.5. The fraction of sp³-hybridized carbons (Fsp3) is 0.0400. The summed E-state index contributed by atoms with van der Waals surface area (Å²) in [5.74, 6) is -2.40. The maximum Gasteiger partial charge on any atom is 0.335 e. The number of rotatable bonds is 6. The molecule has 0 spiro atoms. The van der Waals surface area contributed by atoms with Gasteiger partial charge in [-0.2, -0.15) is 0 Å². The Morgan fingerprint density at radius 1 is 1.00 bits per heavy atom. The van der Waals surface area contributed by atoms with E-state index in [4.69, 9.17) is 21.4 Å². The van der Waals surface area contributed by atoms with Crippen molar-refractivity contribution in [1.29, 1.82) is 0 Å². The standard InChI is InChI=1S/C25H17ClN2O7/c26-20-12-15(3-10-21(20)35-13-14-1-4-16(5-2-14)24(32)33)11-19-22(30)27-25(34)28(23(19)31)17-6-8-18(29)9-7-17/h1-12,29H,13H2,(H,32,33)(H,27,30,34)/b19-11+. The van der Waals surface area contributed by atoms with Gasteiger partial charge in [0.1, 0.15) is 23.7 Å². The van der Waals surface area contributed by atoms with Crippen LogP contribution in [-0.2, 0) is 16.2 Å². The zero-order chi connectivity index (χ0) is 25.1. The van der Waals surface area contributed by atoms with Gasteiger partial charge in [-0.25, -0.2) is 14.5 Å². The van der Waals surface area contributed by atoms with Gasteiger partial charge in [0, 0.05) is 0 Å². The summed E-state index contributed by atoms with van der Waals surface area (Å²) in [6, 6.07) is 15.3. The largest absolute Gasteiger partial charge is 0.508 e. The molecule has 4 rings (SSSR count). The molecule has 1 fully saturated rings. The van der Waals surface area contributed by atoms with Gasteiger partial charge < -0.3 is 14.9 Å². The van der Waals surface area contributed by atoms with Crippen LogP contribution in [0, 0.1) is 0 Å². The lowest BCUT2D eigenvalue weighted by molar-refractivity contribution is -0.122. The van der Waals surface area contributed by atoms with Gasteiger partial charge in [-0.1, -0.05) is 29.8 Å². The number of carbonyl (C=O) groups is 4. The average molecular weight is 493 g/mol. The maximum absolute atomic E-state index is 12.9. The molecule has 9 nitrogen and oxygen atoms in total. The molecular formula is C25H17ClN2O7. The number of carboxylic acid groups (broad SMARTS) is 1. The van der Waals surface area contributed by atoms with E-state index in [-0.39, 0.29) is 34.2 Å². The molecule has 35 heavy (non-hydrogen) atoms. The first-order chi connectivity index (χ1) is 16.7. The predicted octanol–water partition coefficient (Wildman–Crippen LogP) is 3.99. The molecule has 1 aliphatic heterocycles. The second kappa shape index (κ2) is 9.70. The summed E-state index contributed by atoms with van der Waals surface area (Å²) in [7, 11) is 0. The minimum absolute atomic E-state index is 0.0420. The first-order valence-corrected chi connectivity index (χ1v) is 10.6. The molecule has 0 radical (unpaired) electrons. The van der Waals surface area contributed by atoms with E-state index < -0.39 is 23.8 Å². The number of barbiturate groups is 1. The second-order valence-corrected chi connectivity index (χ2v) is 7.86. The first-order valence-electron chi connectivity index (χ1n) is 10.2. The van der Waals surface area contributed by atoms with Crippen LogP contribution < -0.4 is 15.0 Å². The van der Waals surface area contributed by atoms with Crippen LogP contribution in [0.15, 0.2) is 72.3 Å². The van der Waals surface area contributed by atoms with Crippen LogP contribution in [0.1, 0.15) is 21.5 Å². The Balaban J connectivity index is 1.52. The number of phenols is 1. The number of urea groups is 1. The SMILES string of the molecule is O=C1NC(=O)N(c2ccc(O)cc2)C(=O)/C1=C/c1ccc(OCc2ccc(C(=O)O)cc2)c(Cl)c1. The molecule has 10 heteroatoms. The minimum Gasteiger partial charge on any atom is -0.508 e. The molecule has 1 heterocycles. The molecule has 0 atom stereocenters. The summed E-state index contributed by atoms with van der Waals surface area (Å²) in [5, 5.41) is 20.7. The molecule has 1 aliphatic rings. The molecular weight excluding hydrogens is 476 g/mol. The number of nitrogens with one attached hydrogen (secondary N) is 1. The molecule has 0 aliphatic carbocycles. The Kier molecular flexibility index (Phi) is 6.52. The number of aromatic carboxylic acids is 1. The highest BCUT2D eigenvalue weighted by molar-refractivity contribution is 6.39. The number of halogens is 1. The number of carbonyl (C=O) groups excluding carboxylic acids is 3. The quantitative estimate of drug-likeness (QED) is 0.350. The predicted molar refractivity (Wildman–Crippen MR) is 126 cm³/mol. The fourth-order valence-corrected chi connectivity index (χ4v) is 3.53. The first kappa shape index (κ1) is 23.5. The van der Waals surface area contributed by atoms with E-state index in [9.17, 15) is 24.3 Å². The second-order valence-electron chi connectivity index (χ2n) is 7.45. The molecule has 3 aromatic carbocycles.